The molecular weight excluding hydrogens is 234 g/mol. The van der Waals surface area contributed by atoms with Crippen molar-refractivity contribution in [3.8, 4) is 5.75 Å². The smallest absolute Gasteiger partial charge is 0.120 e. The second kappa shape index (κ2) is 7.54. The highest BCUT2D eigenvalue weighted by Crippen LogP contribution is 2.29. The molecule has 1 fully saturated rings. The minimum atomic E-state index is 0.458. The van der Waals surface area contributed by atoms with E-state index in [1.165, 1.54) is 50.5 Å². The Morgan fingerprint density at radius 1 is 1.26 bits per heavy atom. The Bertz CT molecular complexity index is 373. The summed E-state index contributed by atoms with van der Waals surface area (Å²) < 4.78 is 5.88. The van der Waals surface area contributed by atoms with Gasteiger partial charge < -0.3 is 10.1 Å². The molecule has 106 valence electrons. The number of hydrogen-bond donors (Lipinski definition) is 1. The van der Waals surface area contributed by atoms with Gasteiger partial charge in [-0.15, -0.1) is 0 Å². The molecule has 1 aromatic carbocycles. The zero-order valence-corrected chi connectivity index (χ0v) is 12.3. The summed E-state index contributed by atoms with van der Waals surface area (Å²) in [4.78, 5) is 0. The van der Waals surface area contributed by atoms with Gasteiger partial charge in [-0.05, 0) is 44.0 Å². The highest BCUT2D eigenvalue weighted by Gasteiger charge is 2.23. The summed E-state index contributed by atoms with van der Waals surface area (Å²) in [5.41, 5.74) is 1.36. The molecule has 0 spiro atoms. The number of nitrogens with one attached hydrogen (secondary N) is 1. The molecule has 0 radical (unpaired) electrons. The van der Waals surface area contributed by atoms with Crippen LogP contribution in [-0.2, 0) is 0 Å². The van der Waals surface area contributed by atoms with E-state index in [9.17, 15) is 0 Å². The maximum atomic E-state index is 5.88. The van der Waals surface area contributed by atoms with E-state index in [0.717, 1.165) is 5.75 Å². The van der Waals surface area contributed by atoms with Crippen LogP contribution in [0.25, 0.3) is 0 Å². The summed E-state index contributed by atoms with van der Waals surface area (Å²) in [6, 6.07) is 9.06. The van der Waals surface area contributed by atoms with Crippen LogP contribution in [0.15, 0.2) is 24.3 Å². The fourth-order valence-corrected chi connectivity index (χ4v) is 2.44. The van der Waals surface area contributed by atoms with Gasteiger partial charge in [0.25, 0.3) is 0 Å². The first-order chi connectivity index (χ1) is 9.33. The zero-order chi connectivity index (χ0) is 13.5. The predicted octanol–water partition coefficient (Wildman–Crippen LogP) is 4.46. The molecule has 1 unspecified atom stereocenters. The third-order valence-corrected chi connectivity index (χ3v) is 3.78. The summed E-state index contributed by atoms with van der Waals surface area (Å²) in [5, 5.41) is 3.44. The van der Waals surface area contributed by atoms with Crippen molar-refractivity contribution in [2.24, 2.45) is 0 Å². The van der Waals surface area contributed by atoms with Crippen LogP contribution in [-0.4, -0.2) is 13.2 Å². The van der Waals surface area contributed by atoms with Crippen LogP contribution in [0.5, 0.6) is 5.75 Å². The summed E-state index contributed by atoms with van der Waals surface area (Å²) >= 11 is 0. The van der Waals surface area contributed by atoms with Crippen molar-refractivity contribution in [1.29, 1.82) is 0 Å². The molecule has 0 aliphatic heterocycles. The van der Waals surface area contributed by atoms with Crippen LogP contribution >= 0.6 is 0 Å². The Labute approximate surface area is 117 Å². The molecule has 1 saturated carbocycles. The summed E-state index contributed by atoms with van der Waals surface area (Å²) in [7, 11) is 2.05. The molecule has 0 bridgehead atoms. The van der Waals surface area contributed by atoms with Crippen molar-refractivity contribution in [2.45, 2.75) is 64.0 Å². The lowest BCUT2D eigenvalue weighted by atomic mass is 10.00. The van der Waals surface area contributed by atoms with Gasteiger partial charge in [0.15, 0.2) is 0 Å². The monoisotopic (exact) mass is 261 g/mol. The third kappa shape index (κ3) is 4.87. The lowest BCUT2D eigenvalue weighted by Gasteiger charge is -2.17. The van der Waals surface area contributed by atoms with Gasteiger partial charge in [-0.2, -0.15) is 0 Å². The summed E-state index contributed by atoms with van der Waals surface area (Å²) in [5.74, 6) is 1.04. The van der Waals surface area contributed by atoms with Crippen LogP contribution in [0, 0.1) is 0 Å². The molecule has 1 aliphatic rings. The van der Waals surface area contributed by atoms with Crippen molar-refractivity contribution < 1.29 is 4.74 Å². The number of hydrogen-bond acceptors (Lipinski definition) is 2. The molecule has 2 heteroatoms. The topological polar surface area (TPSA) is 21.3 Å². The number of ether oxygens (including phenoxy) is 1. The van der Waals surface area contributed by atoms with Crippen molar-refractivity contribution in [1.82, 2.24) is 5.32 Å². The Balaban J connectivity index is 1.88. The Morgan fingerprint density at radius 3 is 2.79 bits per heavy atom. The van der Waals surface area contributed by atoms with E-state index >= 15 is 0 Å². The second-order valence-electron chi connectivity index (χ2n) is 5.58. The standard InChI is InChI=1S/C17H27NO/c1-3-4-5-6-10-17(18-2)14-8-7-9-16(13-14)19-15-11-12-15/h7-9,13,15,17-18H,3-6,10-12H2,1-2H3. The molecule has 2 nitrogen and oxygen atoms in total. The molecule has 19 heavy (non-hydrogen) atoms. The fourth-order valence-electron chi connectivity index (χ4n) is 2.44. The van der Waals surface area contributed by atoms with Gasteiger partial charge in [0.2, 0.25) is 0 Å². The van der Waals surface area contributed by atoms with Crippen LogP contribution in [0.4, 0.5) is 0 Å². The van der Waals surface area contributed by atoms with E-state index in [4.69, 9.17) is 4.74 Å². The molecule has 1 atom stereocenters. The molecule has 1 N–H and O–H groups in total. The minimum Gasteiger partial charge on any atom is -0.490 e. The van der Waals surface area contributed by atoms with Gasteiger partial charge in [0.1, 0.15) is 5.75 Å². The van der Waals surface area contributed by atoms with Gasteiger partial charge in [-0.25, -0.2) is 0 Å². The normalized spacial score (nSPS) is 16.3. The van der Waals surface area contributed by atoms with E-state index in [2.05, 4.69) is 43.6 Å². The van der Waals surface area contributed by atoms with Gasteiger partial charge in [-0.1, -0.05) is 44.7 Å². The average Bonchev–Trinajstić information content (AvgIpc) is 3.23. The second-order valence-corrected chi connectivity index (χ2v) is 5.58. The van der Waals surface area contributed by atoms with Crippen molar-refractivity contribution in [3.63, 3.8) is 0 Å². The van der Waals surface area contributed by atoms with E-state index < -0.39 is 0 Å². The van der Waals surface area contributed by atoms with Crippen LogP contribution in [0.3, 0.4) is 0 Å². The number of unbranched alkanes of at least 4 members (excludes halogenated alkanes) is 3. The first-order valence-electron chi connectivity index (χ1n) is 7.77. The van der Waals surface area contributed by atoms with E-state index in [0.29, 0.717) is 12.1 Å². The maximum absolute atomic E-state index is 5.88. The van der Waals surface area contributed by atoms with Gasteiger partial charge in [0, 0.05) is 6.04 Å². The van der Waals surface area contributed by atoms with E-state index in [1.807, 2.05) is 0 Å². The van der Waals surface area contributed by atoms with Crippen molar-refractivity contribution in [2.75, 3.05) is 7.05 Å². The third-order valence-electron chi connectivity index (χ3n) is 3.78. The molecular formula is C17H27NO. The molecule has 1 aliphatic carbocycles. The first kappa shape index (κ1) is 14.4. The molecule has 1 aromatic rings. The number of rotatable bonds is 9. The van der Waals surface area contributed by atoms with Crippen LogP contribution in [0.2, 0.25) is 0 Å². The van der Waals surface area contributed by atoms with E-state index in [-0.39, 0.29) is 0 Å². The highest BCUT2D eigenvalue weighted by atomic mass is 16.5. The molecule has 0 saturated heterocycles. The Morgan fingerprint density at radius 2 is 2.11 bits per heavy atom. The van der Waals surface area contributed by atoms with E-state index in [1.54, 1.807) is 0 Å². The summed E-state index contributed by atoms with van der Waals surface area (Å²) in [6.45, 7) is 2.26. The van der Waals surface area contributed by atoms with Crippen LogP contribution < -0.4 is 10.1 Å². The van der Waals surface area contributed by atoms with Gasteiger partial charge in [0.05, 0.1) is 6.10 Å². The first-order valence-corrected chi connectivity index (χ1v) is 7.77. The van der Waals surface area contributed by atoms with Gasteiger partial charge in [-0.3, -0.25) is 0 Å². The SMILES string of the molecule is CCCCCCC(NC)c1cccc(OC2CC2)c1. The molecule has 0 heterocycles. The molecule has 0 amide bonds. The molecule has 2 rings (SSSR count). The van der Waals surface area contributed by atoms with Crippen molar-refractivity contribution >= 4 is 0 Å². The molecule has 0 aromatic heterocycles. The van der Waals surface area contributed by atoms with Crippen LogP contribution in [0.1, 0.15) is 63.5 Å². The zero-order valence-electron chi connectivity index (χ0n) is 12.3. The van der Waals surface area contributed by atoms with Crippen molar-refractivity contribution in [3.05, 3.63) is 29.8 Å². The highest BCUT2D eigenvalue weighted by molar-refractivity contribution is 5.31. The lowest BCUT2D eigenvalue weighted by Crippen LogP contribution is -2.16. The Kier molecular flexibility index (Phi) is 5.71. The minimum absolute atomic E-state index is 0.458. The summed E-state index contributed by atoms with van der Waals surface area (Å²) in [6.07, 6.45) is 9.42. The fraction of sp³-hybridized carbons (Fsp3) is 0.647. The average molecular weight is 261 g/mol. The quantitative estimate of drug-likeness (QED) is 0.663. The lowest BCUT2D eigenvalue weighted by molar-refractivity contribution is 0.302. The predicted molar refractivity (Wildman–Crippen MR) is 80.7 cm³/mol. The largest absolute Gasteiger partial charge is 0.490 e. The van der Waals surface area contributed by atoms with Gasteiger partial charge >= 0.3 is 0 Å². The number of benzene rings is 1. The maximum Gasteiger partial charge on any atom is 0.120 e. The Hall–Kier alpha value is -1.02.